The van der Waals surface area contributed by atoms with Crippen molar-refractivity contribution in [2.75, 3.05) is 19.0 Å². The van der Waals surface area contributed by atoms with Crippen molar-refractivity contribution in [1.29, 1.82) is 0 Å². The van der Waals surface area contributed by atoms with E-state index in [-0.39, 0.29) is 11.5 Å². The van der Waals surface area contributed by atoms with Gasteiger partial charge in [-0.15, -0.1) is 0 Å². The molecule has 2 rings (SSSR count). The lowest BCUT2D eigenvalue weighted by Gasteiger charge is -2.26. The summed E-state index contributed by atoms with van der Waals surface area (Å²) in [6, 6.07) is 5.06. The van der Waals surface area contributed by atoms with Crippen molar-refractivity contribution in [3.05, 3.63) is 28.8 Å². The molecule has 0 aliphatic carbocycles. The maximum atomic E-state index is 12.1. The second kappa shape index (κ2) is 6.79. The highest BCUT2D eigenvalue weighted by atomic mass is 35.5. The highest BCUT2D eigenvalue weighted by Gasteiger charge is 2.32. The summed E-state index contributed by atoms with van der Waals surface area (Å²) in [5, 5.41) is 7.29. The molecule has 2 N–H and O–H groups in total. The second-order valence-electron chi connectivity index (χ2n) is 4.65. The molecular weight excluding hydrogens is 331 g/mol. The lowest BCUT2D eigenvalue weighted by molar-refractivity contribution is -0.120. The minimum Gasteiger partial charge on any atom is -0.383 e. The van der Waals surface area contributed by atoms with E-state index in [2.05, 4.69) is 19.6 Å². The van der Waals surface area contributed by atoms with Crippen LogP contribution in [-0.2, 0) is 18.5 Å². The van der Waals surface area contributed by atoms with Gasteiger partial charge in [-0.2, -0.15) is 0 Å². The Labute approximate surface area is 132 Å². The highest BCUT2D eigenvalue weighted by molar-refractivity contribution is 7.47. The van der Waals surface area contributed by atoms with Crippen molar-refractivity contribution >= 4 is 36.6 Å². The minimum atomic E-state index is -4.28. The first kappa shape index (κ1) is 17.0. The summed E-state index contributed by atoms with van der Waals surface area (Å²) in [6.07, 6.45) is 0.308. The van der Waals surface area contributed by atoms with Crippen molar-refractivity contribution in [2.45, 2.75) is 13.3 Å². The summed E-state index contributed by atoms with van der Waals surface area (Å²) in [5.74, 6) is -0.654. The molecule has 0 radical (unpaired) electrons. The van der Waals surface area contributed by atoms with Gasteiger partial charge in [0, 0.05) is 36.3 Å². The van der Waals surface area contributed by atoms with Gasteiger partial charge in [0.2, 0.25) is 0 Å². The summed E-state index contributed by atoms with van der Waals surface area (Å²) >= 11 is 5.98. The number of nitrogens with zero attached hydrogens (tertiary/aromatic N) is 1. The van der Waals surface area contributed by atoms with E-state index in [9.17, 15) is 14.3 Å². The van der Waals surface area contributed by atoms with Crippen LogP contribution in [0.4, 0.5) is 5.69 Å². The fraction of sp³-hybridized carbons (Fsp3) is 0.385. The zero-order valence-corrected chi connectivity index (χ0v) is 13.7. The van der Waals surface area contributed by atoms with Crippen LogP contribution in [0.5, 0.6) is 0 Å². The zero-order valence-electron chi connectivity index (χ0n) is 12.1. The van der Waals surface area contributed by atoms with Gasteiger partial charge < -0.3 is 5.32 Å². The molecule has 0 spiro atoms. The third-order valence-electron chi connectivity index (χ3n) is 3.29. The monoisotopic (exact) mass is 346 g/mol. The van der Waals surface area contributed by atoms with Gasteiger partial charge in [0.1, 0.15) is 11.5 Å². The van der Waals surface area contributed by atoms with Crippen LogP contribution in [-0.4, -0.2) is 30.0 Å². The van der Waals surface area contributed by atoms with Crippen LogP contribution < -0.4 is 5.32 Å². The number of ketones is 1. The summed E-state index contributed by atoms with van der Waals surface area (Å²) in [4.78, 5) is 21.4. The number of nitrogens with one attached hydrogen (secondary N) is 1. The Bertz CT molecular complexity index is 664. The SMILES string of the molecule is CCC(=O)C1CNc2ccc(Cl)cc2C1=NOP(=O)(O)OC. The van der Waals surface area contributed by atoms with Crippen LogP contribution in [0.25, 0.3) is 0 Å². The predicted molar refractivity (Wildman–Crippen MR) is 83.2 cm³/mol. The maximum Gasteiger partial charge on any atom is 0.547 e. The molecule has 1 aliphatic heterocycles. The van der Waals surface area contributed by atoms with E-state index in [0.29, 0.717) is 23.6 Å². The first-order chi connectivity index (χ1) is 10.4. The van der Waals surface area contributed by atoms with Crippen molar-refractivity contribution in [1.82, 2.24) is 0 Å². The number of Topliss-reactive ketones (excluding diaryl/α,β-unsaturated/α-hetero) is 1. The Morgan fingerprint density at radius 1 is 1.59 bits per heavy atom. The summed E-state index contributed by atoms with van der Waals surface area (Å²) in [5.41, 5.74) is 1.54. The van der Waals surface area contributed by atoms with Gasteiger partial charge in [0.15, 0.2) is 0 Å². The molecule has 0 bridgehead atoms. The first-order valence-corrected chi connectivity index (χ1v) is 8.47. The van der Waals surface area contributed by atoms with E-state index < -0.39 is 13.7 Å². The molecule has 1 aliphatic rings. The Hall–Kier alpha value is -1.40. The van der Waals surface area contributed by atoms with Gasteiger partial charge in [-0.05, 0) is 18.2 Å². The molecule has 120 valence electrons. The minimum absolute atomic E-state index is 0.0642. The normalized spacial score (nSPS) is 21.6. The second-order valence-corrected chi connectivity index (χ2v) is 6.55. The summed E-state index contributed by atoms with van der Waals surface area (Å²) < 4.78 is 20.3. The molecule has 0 amide bonds. The van der Waals surface area contributed by atoms with Gasteiger partial charge in [-0.3, -0.25) is 18.8 Å². The van der Waals surface area contributed by atoms with E-state index >= 15 is 0 Å². The number of rotatable bonds is 5. The molecule has 7 nitrogen and oxygen atoms in total. The first-order valence-electron chi connectivity index (χ1n) is 6.59. The van der Waals surface area contributed by atoms with E-state index in [4.69, 9.17) is 11.6 Å². The Balaban J connectivity index is 2.47. The van der Waals surface area contributed by atoms with Gasteiger partial charge in [0.25, 0.3) is 0 Å². The Morgan fingerprint density at radius 2 is 2.32 bits per heavy atom. The number of phosphoric ester groups is 1. The van der Waals surface area contributed by atoms with Gasteiger partial charge in [-0.1, -0.05) is 23.7 Å². The topological polar surface area (TPSA) is 97.2 Å². The van der Waals surface area contributed by atoms with Gasteiger partial charge >= 0.3 is 7.82 Å². The predicted octanol–water partition coefficient (Wildman–Crippen LogP) is 2.83. The fourth-order valence-electron chi connectivity index (χ4n) is 2.13. The standard InChI is InChI=1S/C13H16ClN2O5P/c1-3-12(17)10-7-15-11-5-4-8(14)6-9(11)13(10)16-21-22(18,19)20-2/h4-6,10,15H,3,7H2,1-2H3,(H,18,19). The smallest absolute Gasteiger partial charge is 0.383 e. The maximum absolute atomic E-state index is 12.1. The van der Waals surface area contributed by atoms with Crippen LogP contribution in [0.1, 0.15) is 18.9 Å². The van der Waals surface area contributed by atoms with E-state index in [1.807, 2.05) is 0 Å². The van der Waals surface area contributed by atoms with E-state index in [1.54, 1.807) is 25.1 Å². The number of oxime groups is 1. The van der Waals surface area contributed by atoms with Crippen molar-refractivity contribution in [3.8, 4) is 0 Å². The van der Waals surface area contributed by atoms with Gasteiger partial charge in [0.05, 0.1) is 5.92 Å². The van der Waals surface area contributed by atoms with Crippen LogP contribution >= 0.6 is 19.4 Å². The van der Waals surface area contributed by atoms with E-state index in [0.717, 1.165) is 12.8 Å². The molecule has 9 heteroatoms. The number of anilines is 1. The van der Waals surface area contributed by atoms with Crippen molar-refractivity contribution < 1.29 is 23.4 Å². The molecular formula is C13H16ClN2O5P. The van der Waals surface area contributed by atoms with Gasteiger partial charge in [-0.25, -0.2) is 4.57 Å². The summed E-state index contributed by atoms with van der Waals surface area (Å²) in [7, 11) is -3.25. The van der Waals surface area contributed by atoms with Crippen LogP contribution in [0.15, 0.2) is 23.4 Å². The molecule has 0 saturated carbocycles. The largest absolute Gasteiger partial charge is 0.547 e. The van der Waals surface area contributed by atoms with Crippen molar-refractivity contribution in [3.63, 3.8) is 0 Å². The number of fused-ring (bicyclic) bond motifs is 1. The average molecular weight is 347 g/mol. The Kier molecular flexibility index (Phi) is 5.24. The molecule has 1 aromatic rings. The molecule has 1 aromatic carbocycles. The third-order valence-corrected chi connectivity index (χ3v) is 4.28. The van der Waals surface area contributed by atoms with Crippen LogP contribution in [0.3, 0.4) is 0 Å². The molecule has 1 heterocycles. The molecule has 0 fully saturated rings. The molecule has 0 saturated heterocycles. The number of hydrogen-bond donors (Lipinski definition) is 2. The van der Waals surface area contributed by atoms with Crippen molar-refractivity contribution in [2.24, 2.45) is 11.1 Å². The number of halogens is 1. The fourth-order valence-corrected chi connectivity index (χ4v) is 2.56. The Morgan fingerprint density at radius 3 is 2.95 bits per heavy atom. The highest BCUT2D eigenvalue weighted by Crippen LogP contribution is 2.43. The number of carbonyl (C=O) groups excluding carboxylic acids is 1. The molecule has 2 unspecified atom stereocenters. The van der Waals surface area contributed by atoms with Crippen LogP contribution in [0.2, 0.25) is 5.02 Å². The average Bonchev–Trinajstić information content (AvgIpc) is 2.51. The molecule has 2 atom stereocenters. The number of phosphoric acid groups is 1. The summed E-state index contributed by atoms with van der Waals surface area (Å²) in [6.45, 7) is 2.06. The third kappa shape index (κ3) is 3.67. The quantitative estimate of drug-likeness (QED) is 0.628. The molecule has 22 heavy (non-hydrogen) atoms. The number of carbonyl (C=O) groups is 1. The van der Waals surface area contributed by atoms with Crippen LogP contribution in [0, 0.1) is 5.92 Å². The lowest BCUT2D eigenvalue weighted by atomic mass is 9.87. The number of hydrogen-bond acceptors (Lipinski definition) is 6. The zero-order chi connectivity index (χ0) is 16.3. The molecule has 0 aromatic heterocycles. The number of benzene rings is 1. The lowest BCUT2D eigenvalue weighted by Crippen LogP contribution is -2.36. The van der Waals surface area contributed by atoms with E-state index in [1.165, 1.54) is 0 Å².